The topological polar surface area (TPSA) is 61.8 Å². The number of hydrogen-bond donors (Lipinski definition) is 0. The van der Waals surface area contributed by atoms with Crippen molar-refractivity contribution in [1.82, 2.24) is 0 Å². The first kappa shape index (κ1) is 57.1. The number of unbranched alkanes of at least 4 members (excludes halogenated alkanes) is 20. The SMILES string of the molecule is CC/C=C\C/C=C\C/C=C\C/C=C\CCCCCCC(=O)OCC(COCCCCCCCC/C=C\C/C=C\CCC)OC(=O)CCCCCCC/C=C\CCCCCC. The second kappa shape index (κ2) is 50.4. The van der Waals surface area contributed by atoms with E-state index in [2.05, 4.69) is 106 Å². The minimum atomic E-state index is -0.559. The van der Waals surface area contributed by atoms with Gasteiger partial charge in [-0.15, -0.1) is 0 Å². The fourth-order valence-corrected chi connectivity index (χ4v) is 6.65. The molecule has 5 nitrogen and oxygen atoms in total. The molecule has 344 valence electrons. The van der Waals surface area contributed by atoms with E-state index in [0.29, 0.717) is 19.4 Å². The molecule has 0 bridgehead atoms. The van der Waals surface area contributed by atoms with Crippen LogP contribution in [0.5, 0.6) is 0 Å². The van der Waals surface area contributed by atoms with Crippen molar-refractivity contribution in [2.24, 2.45) is 0 Å². The van der Waals surface area contributed by atoms with Crippen LogP contribution in [0.4, 0.5) is 0 Å². The Morgan fingerprint density at radius 3 is 1.28 bits per heavy atom. The maximum atomic E-state index is 12.8. The van der Waals surface area contributed by atoms with Crippen molar-refractivity contribution in [3.63, 3.8) is 0 Å². The third-order valence-corrected chi connectivity index (χ3v) is 10.4. The number of hydrogen-bond acceptors (Lipinski definition) is 5. The molecule has 0 rings (SSSR count). The average molecular weight is 835 g/mol. The fourth-order valence-electron chi connectivity index (χ4n) is 6.65. The molecule has 0 aliphatic carbocycles. The fraction of sp³-hybridized carbons (Fsp3) is 0.709. The van der Waals surface area contributed by atoms with Gasteiger partial charge in [0.15, 0.2) is 6.10 Å². The monoisotopic (exact) mass is 835 g/mol. The van der Waals surface area contributed by atoms with Gasteiger partial charge in [-0.3, -0.25) is 9.59 Å². The average Bonchev–Trinajstić information content (AvgIpc) is 3.25. The molecule has 0 aliphatic heterocycles. The summed E-state index contributed by atoms with van der Waals surface area (Å²) in [5.41, 5.74) is 0. The molecule has 0 aromatic heterocycles. The lowest BCUT2D eigenvalue weighted by molar-refractivity contribution is -0.163. The molecule has 0 heterocycles. The summed E-state index contributed by atoms with van der Waals surface area (Å²) in [5, 5.41) is 0. The van der Waals surface area contributed by atoms with Gasteiger partial charge < -0.3 is 14.2 Å². The molecule has 1 unspecified atom stereocenters. The smallest absolute Gasteiger partial charge is 0.306 e. The molecule has 0 radical (unpaired) electrons. The van der Waals surface area contributed by atoms with Crippen LogP contribution in [-0.4, -0.2) is 37.9 Å². The highest BCUT2D eigenvalue weighted by atomic mass is 16.6. The molecule has 0 N–H and O–H groups in total. The lowest BCUT2D eigenvalue weighted by Gasteiger charge is -2.18. The minimum absolute atomic E-state index is 0.0615. The second-order valence-electron chi connectivity index (χ2n) is 16.3. The maximum absolute atomic E-state index is 12.8. The first-order valence-electron chi connectivity index (χ1n) is 25.1. The van der Waals surface area contributed by atoms with Gasteiger partial charge in [0.25, 0.3) is 0 Å². The Kier molecular flexibility index (Phi) is 48.0. The molecule has 0 amide bonds. The summed E-state index contributed by atoms with van der Waals surface area (Å²) < 4.78 is 17.3. The first-order chi connectivity index (χ1) is 29.6. The van der Waals surface area contributed by atoms with Crippen molar-refractivity contribution in [2.45, 2.75) is 232 Å². The number of allylic oxidation sites excluding steroid dienone is 14. The maximum Gasteiger partial charge on any atom is 0.306 e. The summed E-state index contributed by atoms with van der Waals surface area (Å²) in [6.07, 6.45) is 65.8. The molecular formula is C55H94O5. The van der Waals surface area contributed by atoms with Gasteiger partial charge in [-0.05, 0) is 109 Å². The quantitative estimate of drug-likeness (QED) is 0.0347. The lowest BCUT2D eigenvalue weighted by atomic mass is 10.1. The summed E-state index contributed by atoms with van der Waals surface area (Å²) in [6, 6.07) is 0. The Hall–Kier alpha value is -2.92. The van der Waals surface area contributed by atoms with E-state index in [1.165, 1.54) is 89.9 Å². The molecule has 0 saturated heterocycles. The predicted octanol–water partition coefficient (Wildman–Crippen LogP) is 16.9. The highest BCUT2D eigenvalue weighted by Crippen LogP contribution is 2.13. The third-order valence-electron chi connectivity index (χ3n) is 10.4. The Bertz CT molecular complexity index is 1130. The van der Waals surface area contributed by atoms with Crippen molar-refractivity contribution in [3.8, 4) is 0 Å². The zero-order valence-corrected chi connectivity index (χ0v) is 39.5. The van der Waals surface area contributed by atoms with Crippen LogP contribution < -0.4 is 0 Å². The standard InChI is InChI=1S/C55H94O5/c1-4-7-10-13-16-19-22-25-27-28-29-31-33-36-39-42-45-48-54(56)59-52-53(51-58-50-47-44-41-38-35-32-26-23-20-17-14-11-8-5-2)60-55(57)49-46-43-40-37-34-30-24-21-18-15-12-9-6-3/h7,10-11,14,16,19-21,23-25,27,29,31,53H,4-6,8-9,12-13,15,17-18,22,26,28,30,32-52H2,1-3H3/b10-7-,14-11-,19-16-,23-20-,24-21-,27-25-,31-29-. The normalized spacial score (nSPS) is 12.9. The van der Waals surface area contributed by atoms with Crippen LogP contribution in [0.15, 0.2) is 85.1 Å². The zero-order valence-electron chi connectivity index (χ0n) is 39.5. The van der Waals surface area contributed by atoms with Crippen molar-refractivity contribution >= 4 is 11.9 Å². The summed E-state index contributed by atoms with van der Waals surface area (Å²) >= 11 is 0. The lowest BCUT2D eigenvalue weighted by Crippen LogP contribution is -2.30. The number of ether oxygens (including phenoxy) is 3. The number of carbonyl (C=O) groups excluding carboxylic acids is 2. The van der Waals surface area contributed by atoms with Gasteiger partial charge >= 0.3 is 11.9 Å². The van der Waals surface area contributed by atoms with E-state index in [0.717, 1.165) is 103 Å². The second-order valence-corrected chi connectivity index (χ2v) is 16.3. The van der Waals surface area contributed by atoms with Crippen LogP contribution in [0.3, 0.4) is 0 Å². The Labute approximate surface area is 371 Å². The summed E-state index contributed by atoms with van der Waals surface area (Å²) in [5.74, 6) is -0.442. The number of esters is 2. The van der Waals surface area contributed by atoms with E-state index in [1.807, 2.05) is 0 Å². The van der Waals surface area contributed by atoms with Gasteiger partial charge in [0, 0.05) is 19.4 Å². The van der Waals surface area contributed by atoms with Gasteiger partial charge in [0.1, 0.15) is 6.61 Å². The third kappa shape index (κ3) is 47.8. The van der Waals surface area contributed by atoms with Gasteiger partial charge in [-0.2, -0.15) is 0 Å². The van der Waals surface area contributed by atoms with Crippen molar-refractivity contribution in [2.75, 3.05) is 19.8 Å². The molecule has 0 fully saturated rings. The minimum Gasteiger partial charge on any atom is -0.462 e. The van der Waals surface area contributed by atoms with Crippen LogP contribution in [0.1, 0.15) is 226 Å². The van der Waals surface area contributed by atoms with Crippen molar-refractivity contribution in [1.29, 1.82) is 0 Å². The number of rotatable bonds is 45. The van der Waals surface area contributed by atoms with Crippen molar-refractivity contribution < 1.29 is 23.8 Å². The zero-order chi connectivity index (χ0) is 43.5. The highest BCUT2D eigenvalue weighted by Gasteiger charge is 2.17. The number of carbonyl (C=O) groups is 2. The summed E-state index contributed by atoms with van der Waals surface area (Å²) in [6.45, 7) is 7.58. The van der Waals surface area contributed by atoms with E-state index in [4.69, 9.17) is 14.2 Å². The summed E-state index contributed by atoms with van der Waals surface area (Å²) in [7, 11) is 0. The Balaban J connectivity index is 4.34. The predicted molar refractivity (Wildman–Crippen MR) is 260 cm³/mol. The van der Waals surface area contributed by atoms with Gasteiger partial charge in [0.05, 0.1) is 6.61 Å². The summed E-state index contributed by atoms with van der Waals surface area (Å²) in [4.78, 5) is 25.4. The van der Waals surface area contributed by atoms with Crippen LogP contribution >= 0.6 is 0 Å². The molecule has 0 aliphatic rings. The van der Waals surface area contributed by atoms with E-state index < -0.39 is 6.10 Å². The van der Waals surface area contributed by atoms with Gasteiger partial charge in [-0.25, -0.2) is 0 Å². The van der Waals surface area contributed by atoms with E-state index in [9.17, 15) is 9.59 Å². The highest BCUT2D eigenvalue weighted by molar-refractivity contribution is 5.70. The molecular weight excluding hydrogens is 741 g/mol. The van der Waals surface area contributed by atoms with Crippen LogP contribution in [0, 0.1) is 0 Å². The van der Waals surface area contributed by atoms with Gasteiger partial charge in [0.2, 0.25) is 0 Å². The van der Waals surface area contributed by atoms with Crippen molar-refractivity contribution in [3.05, 3.63) is 85.1 Å². The van der Waals surface area contributed by atoms with Crippen LogP contribution in [-0.2, 0) is 23.8 Å². The molecule has 0 aromatic rings. The molecule has 0 spiro atoms. The molecule has 1 atom stereocenters. The molecule has 60 heavy (non-hydrogen) atoms. The van der Waals surface area contributed by atoms with E-state index in [-0.39, 0.29) is 25.2 Å². The molecule has 0 aromatic carbocycles. The largest absolute Gasteiger partial charge is 0.462 e. The Morgan fingerprint density at radius 2 is 0.783 bits per heavy atom. The first-order valence-corrected chi connectivity index (χ1v) is 25.1. The molecule has 5 heteroatoms. The van der Waals surface area contributed by atoms with Crippen LogP contribution in [0.2, 0.25) is 0 Å². The Morgan fingerprint density at radius 1 is 0.383 bits per heavy atom. The van der Waals surface area contributed by atoms with E-state index in [1.54, 1.807) is 0 Å². The van der Waals surface area contributed by atoms with E-state index >= 15 is 0 Å². The van der Waals surface area contributed by atoms with Gasteiger partial charge in [-0.1, -0.05) is 189 Å². The van der Waals surface area contributed by atoms with Crippen LogP contribution in [0.25, 0.3) is 0 Å². The molecule has 0 saturated carbocycles.